The number of urea groups is 1. The molecule has 0 aliphatic carbocycles. The van der Waals surface area contributed by atoms with Gasteiger partial charge in [0.2, 0.25) is 0 Å². The van der Waals surface area contributed by atoms with Crippen LogP contribution in [0.2, 0.25) is 0 Å². The summed E-state index contributed by atoms with van der Waals surface area (Å²) in [6.07, 6.45) is 2.61. The monoisotopic (exact) mass is 420 g/mol. The van der Waals surface area contributed by atoms with E-state index in [0.29, 0.717) is 31.2 Å². The number of pyridine rings is 1. The number of rotatable bonds is 5. The van der Waals surface area contributed by atoms with Crippen molar-refractivity contribution in [3.05, 3.63) is 47.4 Å². The van der Waals surface area contributed by atoms with Crippen LogP contribution in [0.3, 0.4) is 0 Å². The lowest BCUT2D eigenvalue weighted by Gasteiger charge is -2.32. The molecule has 0 atom stereocenters. The van der Waals surface area contributed by atoms with Crippen molar-refractivity contribution < 1.29 is 4.79 Å². The summed E-state index contributed by atoms with van der Waals surface area (Å²) in [4.78, 5) is 26.4. The maximum absolute atomic E-state index is 13.3. The average molecular weight is 421 g/mol. The lowest BCUT2D eigenvalue weighted by atomic mass is 10.0. The molecule has 3 aromatic rings. The largest absolute Gasteiger partial charge is 0.382 e. The van der Waals surface area contributed by atoms with Gasteiger partial charge >= 0.3 is 6.03 Å². The predicted octanol–water partition coefficient (Wildman–Crippen LogP) is 4.24. The van der Waals surface area contributed by atoms with Gasteiger partial charge in [-0.2, -0.15) is 0 Å². The number of aromatic nitrogens is 3. The van der Waals surface area contributed by atoms with Crippen LogP contribution in [-0.4, -0.2) is 39.1 Å². The van der Waals surface area contributed by atoms with Gasteiger partial charge in [-0.15, -0.1) is 0 Å². The average Bonchev–Trinajstić information content (AvgIpc) is 3.12. The third-order valence-corrected chi connectivity index (χ3v) is 5.87. The van der Waals surface area contributed by atoms with E-state index in [1.807, 2.05) is 42.3 Å². The van der Waals surface area contributed by atoms with E-state index in [9.17, 15) is 4.79 Å². The minimum Gasteiger partial charge on any atom is -0.382 e. The predicted molar refractivity (Wildman–Crippen MR) is 125 cm³/mol. The number of para-hydroxylation sites is 1. The van der Waals surface area contributed by atoms with Gasteiger partial charge in [0, 0.05) is 44.2 Å². The van der Waals surface area contributed by atoms with Crippen molar-refractivity contribution in [2.75, 3.05) is 24.2 Å². The molecule has 1 aromatic carbocycles. The van der Waals surface area contributed by atoms with E-state index in [-0.39, 0.29) is 6.03 Å². The number of hydrogen-bond donors (Lipinski definition) is 1. The fourth-order valence-electron chi connectivity index (χ4n) is 4.38. The van der Waals surface area contributed by atoms with Gasteiger partial charge in [0.1, 0.15) is 11.3 Å². The van der Waals surface area contributed by atoms with Crippen molar-refractivity contribution in [3.8, 4) is 0 Å². The van der Waals surface area contributed by atoms with Crippen molar-refractivity contribution in [1.29, 1.82) is 0 Å². The first-order valence-electron chi connectivity index (χ1n) is 11.1. The lowest BCUT2D eigenvalue weighted by molar-refractivity contribution is 0.200. The van der Waals surface area contributed by atoms with Crippen molar-refractivity contribution in [2.24, 2.45) is 5.92 Å². The number of amides is 2. The SMILES string of the molecule is CCCc1nc2c(N)nc3c(c2n1CC(C)C)CN(C(=O)N(C)c1ccccc1)CC3. The Hall–Kier alpha value is -3.09. The number of carbonyl (C=O) groups excluding carboxylic acids is 1. The first-order chi connectivity index (χ1) is 14.9. The molecule has 2 amide bonds. The Balaban J connectivity index is 1.75. The molecule has 3 heterocycles. The Bertz CT molecular complexity index is 1090. The van der Waals surface area contributed by atoms with Crippen molar-refractivity contribution in [2.45, 2.75) is 53.1 Å². The normalized spacial score (nSPS) is 13.6. The van der Waals surface area contributed by atoms with Gasteiger partial charge in [0.25, 0.3) is 0 Å². The number of aryl methyl sites for hydroxylation is 1. The van der Waals surface area contributed by atoms with E-state index < -0.39 is 0 Å². The smallest absolute Gasteiger partial charge is 0.324 e. The quantitative estimate of drug-likeness (QED) is 0.670. The molecule has 0 spiro atoms. The summed E-state index contributed by atoms with van der Waals surface area (Å²) >= 11 is 0. The maximum Gasteiger partial charge on any atom is 0.324 e. The molecular formula is C24H32N6O. The number of nitrogens with zero attached hydrogens (tertiary/aromatic N) is 5. The van der Waals surface area contributed by atoms with Crippen LogP contribution in [0.15, 0.2) is 30.3 Å². The molecule has 2 aromatic heterocycles. The van der Waals surface area contributed by atoms with Crippen LogP contribution in [-0.2, 0) is 25.9 Å². The fourth-order valence-corrected chi connectivity index (χ4v) is 4.38. The minimum absolute atomic E-state index is 0.00877. The maximum atomic E-state index is 13.3. The highest BCUT2D eigenvalue weighted by atomic mass is 16.2. The van der Waals surface area contributed by atoms with Crippen LogP contribution in [0.25, 0.3) is 11.0 Å². The summed E-state index contributed by atoms with van der Waals surface area (Å²) in [5, 5.41) is 0. The number of nitrogens with two attached hydrogens (primary N) is 1. The van der Waals surface area contributed by atoms with Gasteiger partial charge in [0.05, 0.1) is 17.8 Å². The topological polar surface area (TPSA) is 80.3 Å². The van der Waals surface area contributed by atoms with Crippen LogP contribution in [0.5, 0.6) is 0 Å². The zero-order valence-electron chi connectivity index (χ0n) is 18.9. The molecule has 0 unspecified atom stereocenters. The van der Waals surface area contributed by atoms with E-state index in [1.54, 1.807) is 4.90 Å². The molecule has 0 fully saturated rings. The first-order valence-corrected chi connectivity index (χ1v) is 11.1. The van der Waals surface area contributed by atoms with Crippen molar-refractivity contribution >= 4 is 28.6 Å². The van der Waals surface area contributed by atoms with Crippen molar-refractivity contribution in [3.63, 3.8) is 0 Å². The molecule has 1 aliphatic heterocycles. The number of nitrogen functional groups attached to an aromatic ring is 1. The summed E-state index contributed by atoms with van der Waals surface area (Å²) in [5.74, 6) is 2.02. The van der Waals surface area contributed by atoms with Gasteiger partial charge in [0.15, 0.2) is 5.82 Å². The second-order valence-corrected chi connectivity index (χ2v) is 8.75. The van der Waals surface area contributed by atoms with Gasteiger partial charge in [-0.05, 0) is 24.5 Å². The second-order valence-electron chi connectivity index (χ2n) is 8.75. The number of carbonyl (C=O) groups is 1. The minimum atomic E-state index is -0.00877. The fraction of sp³-hybridized carbons (Fsp3) is 0.458. The molecule has 0 saturated heterocycles. The highest BCUT2D eigenvalue weighted by molar-refractivity contribution is 5.93. The van der Waals surface area contributed by atoms with Gasteiger partial charge in [-0.25, -0.2) is 14.8 Å². The number of benzene rings is 1. The Morgan fingerprint density at radius 2 is 1.97 bits per heavy atom. The summed E-state index contributed by atoms with van der Waals surface area (Å²) < 4.78 is 2.31. The van der Waals surface area contributed by atoms with Gasteiger partial charge < -0.3 is 15.2 Å². The Kier molecular flexibility index (Phi) is 5.85. The molecule has 2 N–H and O–H groups in total. The number of anilines is 2. The summed E-state index contributed by atoms with van der Waals surface area (Å²) in [7, 11) is 1.83. The second kappa shape index (κ2) is 8.57. The Morgan fingerprint density at radius 1 is 1.23 bits per heavy atom. The molecule has 0 bridgehead atoms. The zero-order valence-corrected chi connectivity index (χ0v) is 18.9. The van der Waals surface area contributed by atoms with E-state index in [4.69, 9.17) is 10.7 Å². The highest BCUT2D eigenvalue weighted by Crippen LogP contribution is 2.32. The molecule has 4 rings (SSSR count). The Labute approximate surface area is 183 Å². The highest BCUT2D eigenvalue weighted by Gasteiger charge is 2.29. The summed E-state index contributed by atoms with van der Waals surface area (Å²) in [6.45, 7) is 8.60. The van der Waals surface area contributed by atoms with Crippen LogP contribution in [0, 0.1) is 5.92 Å². The summed E-state index contributed by atoms with van der Waals surface area (Å²) in [6, 6.07) is 9.73. The van der Waals surface area contributed by atoms with Crippen LogP contribution >= 0.6 is 0 Å². The number of imidazole rings is 1. The van der Waals surface area contributed by atoms with E-state index in [0.717, 1.165) is 53.2 Å². The standard InChI is InChI=1S/C24H32N6O/c1-5-9-20-27-21-22(30(20)14-16(2)3)18-15-29(13-12-19(18)26-23(21)25)24(31)28(4)17-10-7-6-8-11-17/h6-8,10-11,16H,5,9,12-15H2,1-4H3,(H2,25,26). The van der Waals surface area contributed by atoms with Gasteiger partial charge in [-0.3, -0.25) is 4.90 Å². The van der Waals surface area contributed by atoms with Crippen molar-refractivity contribution in [1.82, 2.24) is 19.4 Å². The molecule has 0 saturated carbocycles. The molecule has 0 radical (unpaired) electrons. The molecule has 7 nitrogen and oxygen atoms in total. The van der Waals surface area contributed by atoms with Crippen LogP contribution in [0.4, 0.5) is 16.3 Å². The number of hydrogen-bond acceptors (Lipinski definition) is 4. The zero-order chi connectivity index (χ0) is 22.1. The lowest BCUT2D eigenvalue weighted by Crippen LogP contribution is -2.44. The molecular weight excluding hydrogens is 388 g/mol. The molecule has 31 heavy (non-hydrogen) atoms. The Morgan fingerprint density at radius 3 is 2.65 bits per heavy atom. The van der Waals surface area contributed by atoms with Gasteiger partial charge in [-0.1, -0.05) is 39.0 Å². The third-order valence-electron chi connectivity index (χ3n) is 5.87. The van der Waals surface area contributed by atoms with E-state index in [1.165, 1.54) is 0 Å². The molecule has 164 valence electrons. The van der Waals surface area contributed by atoms with E-state index in [2.05, 4.69) is 30.3 Å². The third kappa shape index (κ3) is 3.96. The number of fused-ring (bicyclic) bond motifs is 3. The van der Waals surface area contributed by atoms with E-state index >= 15 is 0 Å². The molecule has 7 heteroatoms. The van der Waals surface area contributed by atoms with Crippen LogP contribution in [0.1, 0.15) is 44.3 Å². The first kappa shape index (κ1) is 21.2. The van der Waals surface area contributed by atoms with Crippen LogP contribution < -0.4 is 10.6 Å². The summed E-state index contributed by atoms with van der Waals surface area (Å²) in [5.41, 5.74) is 11.1. The molecule has 1 aliphatic rings.